The van der Waals surface area contributed by atoms with Crippen LogP contribution in [0, 0.1) is 11.8 Å². The molecule has 0 radical (unpaired) electrons. The van der Waals surface area contributed by atoms with Crippen LogP contribution >= 0.6 is 0 Å². The maximum absolute atomic E-state index is 11.3. The van der Waals surface area contributed by atoms with E-state index in [0.717, 1.165) is 31.1 Å². The first kappa shape index (κ1) is 30.8. The van der Waals surface area contributed by atoms with E-state index in [9.17, 15) is 10.2 Å². The highest BCUT2D eigenvalue weighted by Crippen LogP contribution is 2.44. The van der Waals surface area contributed by atoms with Gasteiger partial charge in [0.25, 0.3) is 0 Å². The number of hydrogen-bond acceptors (Lipinski definition) is 11. The lowest BCUT2D eigenvalue weighted by atomic mass is 9.71. The Bertz CT molecular complexity index is 1190. The predicted molar refractivity (Wildman–Crippen MR) is 175 cm³/mol. The first-order chi connectivity index (χ1) is 21.9. The van der Waals surface area contributed by atoms with Gasteiger partial charge in [-0.15, -0.1) is 0 Å². The van der Waals surface area contributed by atoms with E-state index >= 15 is 0 Å². The highest BCUT2D eigenvalue weighted by atomic mass is 16.6. The second-order valence-electron chi connectivity index (χ2n) is 15.4. The van der Waals surface area contributed by atoms with Crippen LogP contribution in [0.3, 0.4) is 0 Å². The number of nitrogens with two attached hydrogens (primary N) is 1. The van der Waals surface area contributed by atoms with Crippen LogP contribution in [-0.4, -0.2) is 102 Å². The molecule has 0 spiro atoms. The van der Waals surface area contributed by atoms with Crippen molar-refractivity contribution < 1.29 is 14.9 Å². The number of likely N-dealkylation sites (N-methyl/N-ethyl adjacent to an activating group) is 1. The van der Waals surface area contributed by atoms with Crippen molar-refractivity contribution in [1.82, 2.24) is 25.8 Å². The number of ether oxygens (including phenoxy) is 1. The van der Waals surface area contributed by atoms with Crippen molar-refractivity contribution in [3.05, 3.63) is 23.8 Å². The van der Waals surface area contributed by atoms with E-state index in [1.807, 2.05) is 0 Å². The summed E-state index contributed by atoms with van der Waals surface area (Å²) in [6, 6.07) is 7.43. The summed E-state index contributed by atoms with van der Waals surface area (Å²) in [5.41, 5.74) is 10.4. The number of aliphatic hydroxyl groups excluding tert-OH is 2. The molecular weight excluding hydrogens is 568 g/mol. The molecule has 1 aromatic carbocycles. The monoisotopic (exact) mass is 624 g/mol. The largest absolute Gasteiger partial charge is 0.387 e. The van der Waals surface area contributed by atoms with Crippen LogP contribution in [-0.2, 0) is 4.74 Å². The number of nitrogens with zero attached hydrogens (tertiary/aromatic N) is 2. The molecule has 0 amide bonds. The SMILES string of the molecule is CN(C[C@H]1O[C@@H](N2CNC3(C4CCCCC4)C(N)NCNC23)[C@H](O)[C@@H]1O)[C@H]1C[C@H](CCC2Nc3ccc(C4CCC4)cc3N2)C1. The van der Waals surface area contributed by atoms with E-state index in [1.54, 1.807) is 0 Å². The number of fused-ring (bicyclic) bond motifs is 2. The quantitative estimate of drug-likeness (QED) is 0.205. The highest BCUT2D eigenvalue weighted by molar-refractivity contribution is 5.75. The van der Waals surface area contributed by atoms with Gasteiger partial charge in [-0.25, -0.2) is 4.90 Å². The number of rotatable bonds is 9. The Kier molecular flexibility index (Phi) is 8.54. The van der Waals surface area contributed by atoms with Gasteiger partial charge in [0.05, 0.1) is 42.1 Å². The van der Waals surface area contributed by atoms with Gasteiger partial charge in [0.15, 0.2) is 0 Å². The van der Waals surface area contributed by atoms with Gasteiger partial charge in [-0.2, -0.15) is 0 Å². The Morgan fingerprint density at radius 2 is 1.78 bits per heavy atom. The van der Waals surface area contributed by atoms with Gasteiger partial charge < -0.3 is 36.2 Å². The van der Waals surface area contributed by atoms with E-state index in [2.05, 4.69) is 61.6 Å². The lowest BCUT2D eigenvalue weighted by Gasteiger charge is -2.52. The van der Waals surface area contributed by atoms with Crippen LogP contribution in [0.5, 0.6) is 0 Å². The first-order valence-electron chi connectivity index (χ1n) is 18.0. The van der Waals surface area contributed by atoms with Crippen molar-refractivity contribution in [3.8, 4) is 0 Å². The molecule has 3 saturated carbocycles. The molecule has 3 saturated heterocycles. The molecule has 9 N–H and O–H groups in total. The molecule has 250 valence electrons. The Morgan fingerprint density at radius 3 is 2.56 bits per heavy atom. The molecule has 45 heavy (non-hydrogen) atoms. The topological polar surface area (TPSA) is 142 Å². The fourth-order valence-electron chi connectivity index (χ4n) is 9.77. The van der Waals surface area contributed by atoms with E-state index in [-0.39, 0.29) is 17.9 Å². The number of aliphatic hydroxyl groups is 2. The molecule has 4 aliphatic heterocycles. The lowest BCUT2D eigenvalue weighted by molar-refractivity contribution is -0.117. The van der Waals surface area contributed by atoms with Gasteiger partial charge in [-0.1, -0.05) is 31.7 Å². The lowest BCUT2D eigenvalue weighted by Crippen LogP contribution is -2.78. The minimum Gasteiger partial charge on any atom is -0.387 e. The van der Waals surface area contributed by atoms with Gasteiger partial charge in [0.2, 0.25) is 0 Å². The first-order valence-corrected chi connectivity index (χ1v) is 18.0. The maximum Gasteiger partial charge on any atom is 0.142 e. The van der Waals surface area contributed by atoms with Crippen LogP contribution in [0.25, 0.3) is 0 Å². The number of nitrogens with one attached hydrogen (secondary N) is 5. The average Bonchev–Trinajstić information content (AvgIpc) is 3.67. The maximum atomic E-state index is 11.3. The third kappa shape index (κ3) is 5.50. The van der Waals surface area contributed by atoms with Crippen LogP contribution in [0.15, 0.2) is 18.2 Å². The van der Waals surface area contributed by atoms with E-state index in [4.69, 9.17) is 10.5 Å². The Balaban J connectivity index is 0.816. The highest BCUT2D eigenvalue weighted by Gasteiger charge is 2.61. The zero-order valence-electron chi connectivity index (χ0n) is 27.0. The van der Waals surface area contributed by atoms with E-state index in [1.165, 1.54) is 74.7 Å². The summed E-state index contributed by atoms with van der Waals surface area (Å²) >= 11 is 0. The molecule has 1 aromatic rings. The minimum atomic E-state index is -0.963. The number of hydrogen-bond donors (Lipinski definition) is 8. The molecule has 11 nitrogen and oxygen atoms in total. The molecule has 8 rings (SSSR count). The number of anilines is 2. The molecule has 4 unspecified atom stereocenters. The summed E-state index contributed by atoms with van der Waals surface area (Å²) in [7, 11) is 2.14. The second-order valence-corrected chi connectivity index (χ2v) is 15.4. The van der Waals surface area contributed by atoms with Gasteiger partial charge in [-0.05, 0) is 93.9 Å². The smallest absolute Gasteiger partial charge is 0.142 e. The Hall–Kier alpha value is -1.54. The normalized spacial score (nSPS) is 42.1. The molecule has 0 bridgehead atoms. The zero-order valence-corrected chi connectivity index (χ0v) is 27.0. The van der Waals surface area contributed by atoms with Crippen molar-refractivity contribution in [2.45, 2.75) is 138 Å². The Labute approximate surface area is 268 Å². The van der Waals surface area contributed by atoms with Crippen LogP contribution < -0.4 is 32.3 Å². The zero-order chi connectivity index (χ0) is 30.7. The van der Waals surface area contributed by atoms with Crippen LogP contribution in [0.1, 0.15) is 88.5 Å². The summed E-state index contributed by atoms with van der Waals surface area (Å²) in [5.74, 6) is 1.94. The van der Waals surface area contributed by atoms with Crippen molar-refractivity contribution in [2.24, 2.45) is 17.6 Å². The minimum absolute atomic E-state index is 0.0611. The summed E-state index contributed by atoms with van der Waals surface area (Å²) in [6.45, 7) is 1.80. The van der Waals surface area contributed by atoms with Gasteiger partial charge in [-0.3, -0.25) is 16.0 Å². The molecule has 0 aromatic heterocycles. The van der Waals surface area contributed by atoms with E-state index < -0.39 is 24.5 Å². The van der Waals surface area contributed by atoms with Gasteiger partial charge in [0.1, 0.15) is 24.5 Å². The average molecular weight is 625 g/mol. The molecule has 7 aliphatic rings. The fraction of sp³-hybridized carbons (Fsp3) is 0.824. The van der Waals surface area contributed by atoms with Gasteiger partial charge in [0, 0.05) is 19.3 Å². The van der Waals surface area contributed by atoms with Crippen LogP contribution in [0.2, 0.25) is 0 Å². The summed E-state index contributed by atoms with van der Waals surface area (Å²) in [4.78, 5) is 4.52. The number of benzene rings is 1. The van der Waals surface area contributed by atoms with Crippen molar-refractivity contribution >= 4 is 11.4 Å². The Morgan fingerprint density at radius 1 is 0.978 bits per heavy atom. The summed E-state index contributed by atoms with van der Waals surface area (Å²) in [5, 5.41) is 40.7. The third-order valence-electron chi connectivity index (χ3n) is 12.9. The molecular formula is C34H56N8O3. The second kappa shape index (κ2) is 12.5. The molecule has 4 heterocycles. The molecule has 8 atom stereocenters. The third-order valence-corrected chi connectivity index (χ3v) is 12.9. The van der Waals surface area contributed by atoms with Crippen LogP contribution in [0.4, 0.5) is 11.4 Å². The summed E-state index contributed by atoms with van der Waals surface area (Å²) < 4.78 is 6.51. The van der Waals surface area contributed by atoms with Gasteiger partial charge >= 0.3 is 0 Å². The van der Waals surface area contributed by atoms with Crippen molar-refractivity contribution in [3.63, 3.8) is 0 Å². The predicted octanol–water partition coefficient (Wildman–Crippen LogP) is 2.00. The summed E-state index contributed by atoms with van der Waals surface area (Å²) in [6.07, 6.45) is 12.0. The fourth-order valence-corrected chi connectivity index (χ4v) is 9.77. The molecule has 11 heteroatoms. The molecule has 3 aliphatic carbocycles. The molecule has 6 fully saturated rings. The van der Waals surface area contributed by atoms with E-state index in [0.29, 0.717) is 38.0 Å². The standard InChI is InChI=1S/C34H56N8O3/c1-41(24-14-20(15-24)10-13-28-39-25-12-11-22(16-26(25)40-28)21-6-5-7-21)17-27-29(43)30(44)31(45-27)42-19-38-34(23-8-3-2-4-9-23)32(35)36-18-37-33(34)42/h11-12,16,20-21,23-24,27-33,36-40,43-44H,2-10,13-15,17-19,35H2,1H3/t20-,24-,27-,28?,29-,30-,31-,32?,33?,34?/m1/s1. The van der Waals surface area contributed by atoms with Crippen molar-refractivity contribution in [2.75, 3.05) is 37.6 Å². The van der Waals surface area contributed by atoms with Crippen molar-refractivity contribution in [1.29, 1.82) is 0 Å².